The molecule has 1 fully saturated rings. The van der Waals surface area contributed by atoms with Crippen molar-refractivity contribution in [3.63, 3.8) is 0 Å². The third kappa shape index (κ3) is 4.03. The maximum atomic E-state index is 13.0. The summed E-state index contributed by atoms with van der Waals surface area (Å²) in [6, 6.07) is 5.51. The van der Waals surface area contributed by atoms with E-state index in [1.54, 1.807) is 0 Å². The number of hydrogen-bond donors (Lipinski definition) is 2. The standard InChI is InChI=1S/C17H18FN3O4/c18-12-5-3-11(4-6-12)10-21-16(23)14(15(22)20-17(21)24)9-19-8-13-2-1-7-25-13/h3-6,9,13,23H,1-2,7-8,10H2,(H,20,22,24). The summed E-state index contributed by atoms with van der Waals surface area (Å²) in [5.41, 5.74) is -0.954. The molecule has 0 spiro atoms. The number of rotatable bonds is 5. The second-order valence-corrected chi connectivity index (χ2v) is 5.84. The van der Waals surface area contributed by atoms with Gasteiger partial charge in [-0.15, -0.1) is 0 Å². The summed E-state index contributed by atoms with van der Waals surface area (Å²) < 4.78 is 19.4. The molecule has 2 heterocycles. The molecule has 3 rings (SSSR count). The number of aromatic nitrogens is 2. The number of aliphatic imine (C=N–C) groups is 1. The van der Waals surface area contributed by atoms with E-state index in [1.807, 2.05) is 0 Å². The number of aromatic hydroxyl groups is 1. The van der Waals surface area contributed by atoms with Gasteiger partial charge < -0.3 is 9.84 Å². The second kappa shape index (κ2) is 7.43. The molecule has 1 aliphatic rings. The van der Waals surface area contributed by atoms with Gasteiger partial charge in [0.15, 0.2) is 0 Å². The molecule has 1 atom stereocenters. The predicted molar refractivity (Wildman–Crippen MR) is 89.9 cm³/mol. The van der Waals surface area contributed by atoms with Crippen molar-refractivity contribution >= 4 is 6.21 Å². The fourth-order valence-electron chi connectivity index (χ4n) is 2.66. The number of aromatic amines is 1. The maximum absolute atomic E-state index is 13.0. The molecule has 1 aliphatic heterocycles. The Labute approximate surface area is 142 Å². The van der Waals surface area contributed by atoms with Crippen molar-refractivity contribution in [1.29, 1.82) is 0 Å². The Morgan fingerprint density at radius 1 is 1.36 bits per heavy atom. The molecule has 0 saturated carbocycles. The van der Waals surface area contributed by atoms with Crippen molar-refractivity contribution in [2.75, 3.05) is 13.2 Å². The molecule has 0 radical (unpaired) electrons. The number of H-pyrrole nitrogens is 1. The molecule has 8 heteroatoms. The summed E-state index contributed by atoms with van der Waals surface area (Å²) in [6.45, 7) is 1.08. The zero-order valence-corrected chi connectivity index (χ0v) is 13.4. The van der Waals surface area contributed by atoms with Crippen molar-refractivity contribution in [3.8, 4) is 5.88 Å². The smallest absolute Gasteiger partial charge is 0.331 e. The van der Waals surface area contributed by atoms with E-state index >= 15 is 0 Å². The van der Waals surface area contributed by atoms with Crippen molar-refractivity contribution < 1.29 is 14.2 Å². The van der Waals surface area contributed by atoms with Gasteiger partial charge in [-0.25, -0.2) is 9.18 Å². The number of ether oxygens (including phenoxy) is 1. The predicted octanol–water partition coefficient (Wildman–Crippen LogP) is 1.03. The quantitative estimate of drug-likeness (QED) is 0.790. The van der Waals surface area contributed by atoms with Gasteiger partial charge in [-0.2, -0.15) is 0 Å². The molecule has 0 bridgehead atoms. The first-order valence-corrected chi connectivity index (χ1v) is 7.96. The van der Waals surface area contributed by atoms with Crippen molar-refractivity contribution in [3.05, 3.63) is 62.0 Å². The molecule has 132 valence electrons. The summed E-state index contributed by atoms with van der Waals surface area (Å²) in [5, 5.41) is 10.3. The molecule has 2 N–H and O–H groups in total. The average Bonchev–Trinajstić information content (AvgIpc) is 3.09. The van der Waals surface area contributed by atoms with Gasteiger partial charge in [0.05, 0.1) is 19.2 Å². The van der Waals surface area contributed by atoms with E-state index in [-0.39, 0.29) is 18.2 Å². The number of benzene rings is 1. The maximum Gasteiger partial charge on any atom is 0.331 e. The molecule has 1 aromatic carbocycles. The Morgan fingerprint density at radius 3 is 2.80 bits per heavy atom. The van der Waals surface area contributed by atoms with Crippen LogP contribution in [-0.4, -0.2) is 40.1 Å². The van der Waals surface area contributed by atoms with E-state index in [0.29, 0.717) is 18.7 Å². The fraction of sp³-hybridized carbons (Fsp3) is 0.353. The van der Waals surface area contributed by atoms with E-state index in [0.717, 1.165) is 17.4 Å². The van der Waals surface area contributed by atoms with E-state index in [9.17, 15) is 19.1 Å². The topological polar surface area (TPSA) is 96.7 Å². The van der Waals surface area contributed by atoms with E-state index in [2.05, 4.69) is 9.98 Å². The lowest BCUT2D eigenvalue weighted by molar-refractivity contribution is 0.118. The molecule has 7 nitrogen and oxygen atoms in total. The minimum Gasteiger partial charge on any atom is -0.494 e. The Bertz CT molecular complexity index is 880. The molecule has 25 heavy (non-hydrogen) atoms. The van der Waals surface area contributed by atoms with Gasteiger partial charge in [0.1, 0.15) is 11.4 Å². The van der Waals surface area contributed by atoms with Crippen LogP contribution in [0, 0.1) is 5.82 Å². The molecule has 0 amide bonds. The zero-order valence-electron chi connectivity index (χ0n) is 13.4. The van der Waals surface area contributed by atoms with Crippen LogP contribution in [0.2, 0.25) is 0 Å². The molecule has 2 aromatic rings. The monoisotopic (exact) mass is 347 g/mol. The average molecular weight is 347 g/mol. The van der Waals surface area contributed by atoms with Crippen LogP contribution in [0.1, 0.15) is 24.0 Å². The minimum absolute atomic E-state index is 0.00565. The van der Waals surface area contributed by atoms with Crippen molar-refractivity contribution in [1.82, 2.24) is 9.55 Å². The summed E-state index contributed by atoms with van der Waals surface area (Å²) in [7, 11) is 0. The third-order valence-corrected chi connectivity index (χ3v) is 4.01. The second-order valence-electron chi connectivity index (χ2n) is 5.84. The van der Waals surface area contributed by atoms with Gasteiger partial charge in [0, 0.05) is 12.8 Å². The van der Waals surface area contributed by atoms with Crippen LogP contribution in [0.5, 0.6) is 5.88 Å². The Hall–Kier alpha value is -2.74. The highest BCUT2D eigenvalue weighted by molar-refractivity contribution is 5.81. The third-order valence-electron chi connectivity index (χ3n) is 4.01. The molecule has 1 saturated heterocycles. The van der Waals surface area contributed by atoms with Gasteiger partial charge in [0.25, 0.3) is 5.56 Å². The van der Waals surface area contributed by atoms with Crippen LogP contribution < -0.4 is 11.2 Å². The summed E-state index contributed by atoms with van der Waals surface area (Å²) in [4.78, 5) is 30.2. The lowest BCUT2D eigenvalue weighted by atomic mass is 10.2. The Kier molecular flexibility index (Phi) is 5.08. The van der Waals surface area contributed by atoms with Crippen molar-refractivity contribution in [2.24, 2.45) is 4.99 Å². The highest BCUT2D eigenvalue weighted by atomic mass is 19.1. The normalized spacial score (nSPS) is 17.4. The van der Waals surface area contributed by atoms with Gasteiger partial charge in [0.2, 0.25) is 5.88 Å². The first-order valence-electron chi connectivity index (χ1n) is 7.96. The number of nitrogens with zero attached hydrogens (tertiary/aromatic N) is 2. The van der Waals surface area contributed by atoms with Gasteiger partial charge >= 0.3 is 5.69 Å². The first-order chi connectivity index (χ1) is 12.0. The summed E-state index contributed by atoms with van der Waals surface area (Å²) >= 11 is 0. The Morgan fingerprint density at radius 2 is 2.12 bits per heavy atom. The van der Waals surface area contributed by atoms with Gasteiger partial charge in [-0.1, -0.05) is 12.1 Å². The number of halogens is 1. The lowest BCUT2D eigenvalue weighted by Gasteiger charge is -2.10. The van der Waals surface area contributed by atoms with E-state index < -0.39 is 22.9 Å². The van der Waals surface area contributed by atoms with Crippen LogP contribution in [-0.2, 0) is 11.3 Å². The zero-order chi connectivity index (χ0) is 17.8. The highest BCUT2D eigenvalue weighted by Crippen LogP contribution is 2.14. The van der Waals surface area contributed by atoms with Crippen LogP contribution in [0.15, 0.2) is 38.8 Å². The Balaban J connectivity index is 1.86. The molecular formula is C17H18FN3O4. The van der Waals surface area contributed by atoms with Crippen LogP contribution in [0.25, 0.3) is 0 Å². The first kappa shape index (κ1) is 17.1. The van der Waals surface area contributed by atoms with Crippen LogP contribution >= 0.6 is 0 Å². The fourth-order valence-corrected chi connectivity index (χ4v) is 2.66. The van der Waals surface area contributed by atoms with Crippen molar-refractivity contribution in [2.45, 2.75) is 25.5 Å². The molecule has 0 aliphatic carbocycles. The SMILES string of the molecule is O=c1[nH]c(=O)n(Cc2ccc(F)cc2)c(O)c1C=NCC1CCCO1. The van der Waals surface area contributed by atoms with Gasteiger partial charge in [-0.05, 0) is 30.5 Å². The van der Waals surface area contributed by atoms with Crippen LogP contribution in [0.3, 0.4) is 0 Å². The molecule has 1 aromatic heterocycles. The molecular weight excluding hydrogens is 329 g/mol. The highest BCUT2D eigenvalue weighted by Gasteiger charge is 2.16. The minimum atomic E-state index is -0.747. The summed E-state index contributed by atoms with van der Waals surface area (Å²) in [6.07, 6.45) is 3.15. The number of nitrogens with one attached hydrogen (secondary N) is 1. The van der Waals surface area contributed by atoms with Crippen LogP contribution in [0.4, 0.5) is 4.39 Å². The largest absolute Gasteiger partial charge is 0.494 e. The molecule has 1 unspecified atom stereocenters. The number of hydrogen-bond acceptors (Lipinski definition) is 5. The van der Waals surface area contributed by atoms with E-state index in [1.165, 1.54) is 30.5 Å². The van der Waals surface area contributed by atoms with Gasteiger partial charge in [-0.3, -0.25) is 19.3 Å². The lowest BCUT2D eigenvalue weighted by Crippen LogP contribution is -2.32. The summed E-state index contributed by atoms with van der Waals surface area (Å²) in [5.74, 6) is -0.877. The van der Waals surface area contributed by atoms with E-state index in [4.69, 9.17) is 4.74 Å².